The second-order valence-electron chi connectivity index (χ2n) is 4.16. The molecule has 0 bridgehead atoms. The number of para-hydroxylation sites is 2. The first-order valence-corrected chi connectivity index (χ1v) is 5.90. The largest absolute Gasteiger partial charge is 0.618 e. The molecular formula is C13H13N3O4. The van der Waals surface area contributed by atoms with E-state index in [-0.39, 0.29) is 5.69 Å². The van der Waals surface area contributed by atoms with Crippen LogP contribution in [-0.4, -0.2) is 30.0 Å². The molecular weight excluding hydrogens is 262 g/mol. The van der Waals surface area contributed by atoms with E-state index in [0.29, 0.717) is 15.8 Å². The van der Waals surface area contributed by atoms with Gasteiger partial charge in [-0.25, -0.2) is 9.78 Å². The van der Waals surface area contributed by atoms with Crippen LogP contribution in [0.4, 0.5) is 0 Å². The molecule has 1 amide bonds. The Hall–Kier alpha value is -2.70. The number of aromatic nitrogens is 2. The van der Waals surface area contributed by atoms with Crippen LogP contribution in [0.5, 0.6) is 0 Å². The summed E-state index contributed by atoms with van der Waals surface area (Å²) in [6, 6.07) is 5.84. The van der Waals surface area contributed by atoms with Crippen molar-refractivity contribution < 1.29 is 19.1 Å². The maximum atomic E-state index is 11.9. The van der Waals surface area contributed by atoms with Crippen molar-refractivity contribution in [2.45, 2.75) is 13.0 Å². The van der Waals surface area contributed by atoms with Crippen LogP contribution in [0.2, 0.25) is 0 Å². The van der Waals surface area contributed by atoms with Crippen LogP contribution in [0, 0.1) is 5.21 Å². The minimum Gasteiger partial charge on any atom is -0.618 e. The van der Waals surface area contributed by atoms with Crippen LogP contribution < -0.4 is 10.0 Å². The normalized spacial score (nSPS) is 11.9. The van der Waals surface area contributed by atoms with Crippen LogP contribution in [-0.2, 0) is 9.53 Å². The Balaban J connectivity index is 2.29. The summed E-state index contributed by atoms with van der Waals surface area (Å²) in [6.45, 7) is 1.48. The maximum absolute atomic E-state index is 11.9. The summed E-state index contributed by atoms with van der Waals surface area (Å²) in [5.41, 5.74) is 0.709. The minimum absolute atomic E-state index is 0.0607. The second-order valence-corrected chi connectivity index (χ2v) is 4.16. The van der Waals surface area contributed by atoms with Crippen molar-refractivity contribution in [3.63, 3.8) is 0 Å². The molecule has 0 fully saturated rings. The van der Waals surface area contributed by atoms with Crippen molar-refractivity contribution in [3.05, 3.63) is 41.4 Å². The van der Waals surface area contributed by atoms with Crippen LogP contribution in [0.1, 0.15) is 17.4 Å². The molecule has 0 unspecified atom stereocenters. The van der Waals surface area contributed by atoms with E-state index in [1.165, 1.54) is 14.0 Å². The lowest BCUT2D eigenvalue weighted by molar-refractivity contribution is -0.577. The average Bonchev–Trinajstić information content (AvgIpc) is 2.46. The van der Waals surface area contributed by atoms with Crippen molar-refractivity contribution in [1.29, 1.82) is 0 Å². The number of benzene rings is 1. The lowest BCUT2D eigenvalue weighted by Gasteiger charge is -2.11. The topological polar surface area (TPSA) is 95.2 Å². The third-order valence-electron chi connectivity index (χ3n) is 2.73. The van der Waals surface area contributed by atoms with E-state index in [0.717, 1.165) is 6.20 Å². The monoisotopic (exact) mass is 275 g/mol. The summed E-state index contributed by atoms with van der Waals surface area (Å²) in [4.78, 5) is 27.3. The van der Waals surface area contributed by atoms with Gasteiger partial charge in [0, 0.05) is 6.07 Å². The molecule has 0 spiro atoms. The van der Waals surface area contributed by atoms with Crippen LogP contribution in [0.15, 0.2) is 30.5 Å². The van der Waals surface area contributed by atoms with Gasteiger partial charge in [0.25, 0.3) is 5.91 Å². The van der Waals surface area contributed by atoms with E-state index in [2.05, 4.69) is 15.0 Å². The highest BCUT2D eigenvalue weighted by atomic mass is 16.5. The predicted octanol–water partition coefficient (Wildman–Crippen LogP) is 0.159. The number of methoxy groups -OCH3 is 1. The van der Waals surface area contributed by atoms with Gasteiger partial charge in [0.15, 0.2) is 5.69 Å². The number of nitrogens with one attached hydrogen (secondary N) is 1. The fraction of sp³-hybridized carbons (Fsp3) is 0.231. The van der Waals surface area contributed by atoms with Gasteiger partial charge in [-0.3, -0.25) is 4.79 Å². The number of rotatable bonds is 3. The van der Waals surface area contributed by atoms with E-state index >= 15 is 0 Å². The van der Waals surface area contributed by atoms with Crippen molar-refractivity contribution in [2.24, 2.45) is 0 Å². The Bertz CT molecular complexity index is 672. The number of carbonyl (C=O) groups is 2. The highest BCUT2D eigenvalue weighted by Gasteiger charge is 2.20. The number of esters is 1. The maximum Gasteiger partial charge on any atom is 0.328 e. The molecule has 0 saturated heterocycles. The second kappa shape index (κ2) is 5.52. The Morgan fingerprint density at radius 3 is 2.80 bits per heavy atom. The van der Waals surface area contributed by atoms with Crippen molar-refractivity contribution >= 4 is 22.9 Å². The van der Waals surface area contributed by atoms with Gasteiger partial charge in [-0.2, -0.15) is 4.73 Å². The number of ether oxygens (including phenoxy) is 1. The van der Waals surface area contributed by atoms with Gasteiger partial charge >= 0.3 is 5.97 Å². The zero-order valence-corrected chi connectivity index (χ0v) is 11.0. The Morgan fingerprint density at radius 2 is 2.10 bits per heavy atom. The summed E-state index contributed by atoms with van der Waals surface area (Å²) in [5, 5.41) is 14.2. The van der Waals surface area contributed by atoms with E-state index in [1.54, 1.807) is 24.3 Å². The quantitative estimate of drug-likeness (QED) is 0.489. The standard InChI is InChI=1S/C13H13N3O4/c1-8(13(18)20-2)14-12(17)10-7-16(19)11-6-4-3-5-9(11)15-10/h3-8H,1-2H3,(H,14,17)/t8-/m0/s1. The van der Waals surface area contributed by atoms with E-state index in [9.17, 15) is 14.8 Å². The minimum atomic E-state index is -0.819. The molecule has 0 aliphatic heterocycles. The molecule has 0 radical (unpaired) electrons. The van der Waals surface area contributed by atoms with Gasteiger partial charge in [0.1, 0.15) is 11.6 Å². The van der Waals surface area contributed by atoms with Crippen molar-refractivity contribution in [3.8, 4) is 0 Å². The number of amides is 1. The first kappa shape index (κ1) is 13.7. The molecule has 0 aliphatic rings. The Kier molecular flexibility index (Phi) is 3.79. The van der Waals surface area contributed by atoms with Gasteiger partial charge < -0.3 is 15.3 Å². The molecule has 2 rings (SSSR count). The zero-order chi connectivity index (χ0) is 14.7. The average molecular weight is 275 g/mol. The molecule has 7 nitrogen and oxygen atoms in total. The van der Waals surface area contributed by atoms with Crippen molar-refractivity contribution in [1.82, 2.24) is 10.3 Å². The third-order valence-corrected chi connectivity index (χ3v) is 2.73. The summed E-state index contributed by atoms with van der Waals surface area (Å²) in [7, 11) is 1.23. The summed E-state index contributed by atoms with van der Waals surface area (Å²) in [5.74, 6) is -1.19. The molecule has 7 heteroatoms. The van der Waals surface area contributed by atoms with Gasteiger partial charge in [0.2, 0.25) is 11.7 Å². The third kappa shape index (κ3) is 2.66. The number of carbonyl (C=O) groups excluding carboxylic acids is 2. The van der Waals surface area contributed by atoms with E-state index in [4.69, 9.17) is 0 Å². The van der Waals surface area contributed by atoms with E-state index < -0.39 is 17.9 Å². The van der Waals surface area contributed by atoms with Crippen molar-refractivity contribution in [2.75, 3.05) is 7.11 Å². The highest BCUT2D eigenvalue weighted by molar-refractivity contribution is 5.95. The SMILES string of the molecule is COC(=O)[C@H](C)NC(=O)c1c[n+]([O-])c2ccccc2n1. The number of hydrogen-bond acceptors (Lipinski definition) is 5. The lowest BCUT2D eigenvalue weighted by atomic mass is 10.2. The van der Waals surface area contributed by atoms with Crippen LogP contribution in [0.25, 0.3) is 11.0 Å². The molecule has 2 aromatic rings. The smallest absolute Gasteiger partial charge is 0.328 e. The van der Waals surface area contributed by atoms with Crippen LogP contribution >= 0.6 is 0 Å². The number of fused-ring (bicyclic) bond motifs is 1. The molecule has 20 heavy (non-hydrogen) atoms. The molecule has 104 valence electrons. The molecule has 1 N–H and O–H groups in total. The fourth-order valence-electron chi connectivity index (χ4n) is 1.70. The molecule has 0 saturated carbocycles. The van der Waals surface area contributed by atoms with Gasteiger partial charge in [-0.1, -0.05) is 12.1 Å². The zero-order valence-electron chi connectivity index (χ0n) is 11.0. The fourth-order valence-corrected chi connectivity index (χ4v) is 1.70. The number of hydrogen-bond donors (Lipinski definition) is 1. The number of nitrogens with zero attached hydrogens (tertiary/aromatic N) is 2. The lowest BCUT2D eigenvalue weighted by Crippen LogP contribution is -2.40. The van der Waals surface area contributed by atoms with Gasteiger partial charge in [-0.15, -0.1) is 0 Å². The first-order chi connectivity index (χ1) is 9.52. The van der Waals surface area contributed by atoms with Gasteiger partial charge in [-0.05, 0) is 13.0 Å². The van der Waals surface area contributed by atoms with E-state index in [1.807, 2.05) is 0 Å². The predicted molar refractivity (Wildman–Crippen MR) is 69.6 cm³/mol. The molecule has 0 aliphatic carbocycles. The first-order valence-electron chi connectivity index (χ1n) is 5.90. The molecule has 1 heterocycles. The summed E-state index contributed by atoms with van der Waals surface area (Å²) < 4.78 is 5.07. The van der Waals surface area contributed by atoms with Crippen LogP contribution in [0.3, 0.4) is 0 Å². The Labute approximate surface area is 114 Å². The highest BCUT2D eigenvalue weighted by Crippen LogP contribution is 2.07. The summed E-state index contributed by atoms with van der Waals surface area (Å²) >= 11 is 0. The molecule has 1 aromatic carbocycles. The molecule has 1 aromatic heterocycles. The molecule has 1 atom stereocenters. The van der Waals surface area contributed by atoms with Gasteiger partial charge in [0.05, 0.1) is 7.11 Å². The Morgan fingerprint density at radius 1 is 1.40 bits per heavy atom. The summed E-state index contributed by atoms with van der Waals surface area (Å²) in [6.07, 6.45) is 1.07.